The van der Waals surface area contributed by atoms with Crippen LogP contribution in [0.3, 0.4) is 0 Å². The lowest BCUT2D eigenvalue weighted by molar-refractivity contribution is 0.271. The minimum absolute atomic E-state index is 0.0118. The first-order valence-corrected chi connectivity index (χ1v) is 8.68. The predicted molar refractivity (Wildman–Crippen MR) is 102 cm³/mol. The van der Waals surface area contributed by atoms with Gasteiger partial charge in [0.1, 0.15) is 24.5 Å². The highest BCUT2D eigenvalue weighted by Crippen LogP contribution is 2.37. The number of rotatable bonds is 3. The van der Waals surface area contributed by atoms with Crippen LogP contribution in [0.25, 0.3) is 0 Å². The van der Waals surface area contributed by atoms with E-state index in [-0.39, 0.29) is 17.6 Å². The number of pyridine rings is 1. The fraction of sp³-hybridized carbons (Fsp3) is 0.444. The van der Waals surface area contributed by atoms with Crippen LogP contribution in [-0.4, -0.2) is 60.1 Å². The van der Waals surface area contributed by atoms with Crippen LogP contribution in [-0.2, 0) is 6.42 Å². The summed E-state index contributed by atoms with van der Waals surface area (Å²) in [4.78, 5) is 11.0. The van der Waals surface area contributed by atoms with Gasteiger partial charge in [-0.2, -0.15) is 18.9 Å². The predicted octanol–water partition coefficient (Wildman–Crippen LogP) is 2.46. The molecule has 3 heterocycles. The lowest BCUT2D eigenvalue weighted by Gasteiger charge is -2.36. The first kappa shape index (κ1) is 18.9. The van der Waals surface area contributed by atoms with Crippen LogP contribution in [0.1, 0.15) is 18.9 Å². The van der Waals surface area contributed by atoms with Crippen LogP contribution in [0.5, 0.6) is 0 Å². The highest BCUT2D eigenvalue weighted by atomic mass is 19.1. The van der Waals surface area contributed by atoms with Crippen molar-refractivity contribution in [3.8, 4) is 0 Å². The molecule has 144 valence electrons. The van der Waals surface area contributed by atoms with E-state index in [2.05, 4.69) is 28.6 Å². The Morgan fingerprint density at radius 3 is 2.89 bits per heavy atom. The Morgan fingerprint density at radius 1 is 1.44 bits per heavy atom. The molecule has 1 aromatic rings. The maximum absolute atomic E-state index is 14.6. The Hall–Kier alpha value is -2.84. The Labute approximate surface area is 157 Å². The number of hydrogen-bond acceptors (Lipinski definition) is 5. The van der Waals surface area contributed by atoms with Gasteiger partial charge in [0.25, 0.3) is 0 Å². The number of anilines is 1. The summed E-state index contributed by atoms with van der Waals surface area (Å²) in [6, 6.07) is 1.26. The van der Waals surface area contributed by atoms with Crippen molar-refractivity contribution in [2.75, 3.05) is 19.1 Å². The molecule has 3 unspecified atom stereocenters. The second-order valence-electron chi connectivity index (χ2n) is 6.89. The minimum atomic E-state index is -0.875. The summed E-state index contributed by atoms with van der Waals surface area (Å²) in [5, 5.41) is 12.9. The number of aromatic nitrogens is 1. The average Bonchev–Trinajstić information content (AvgIpc) is 3.00. The zero-order valence-corrected chi connectivity index (χ0v) is 15.6. The molecule has 0 spiro atoms. The third-order valence-electron chi connectivity index (χ3n) is 5.25. The van der Waals surface area contributed by atoms with E-state index in [1.165, 1.54) is 11.1 Å². The third kappa shape index (κ3) is 3.41. The molecule has 0 bridgehead atoms. The molecular formula is C18H23F2N7. The maximum atomic E-state index is 14.6. The SMILES string of the molecule is C=C1C(C)C(N(C)C=NC=N)CCc2cc(F)nc(F)c2N2N=CN(C)C12. The molecule has 0 radical (unpaired) electrons. The van der Waals surface area contributed by atoms with Crippen LogP contribution in [0.4, 0.5) is 14.5 Å². The summed E-state index contributed by atoms with van der Waals surface area (Å²) in [7, 11) is 3.72. The van der Waals surface area contributed by atoms with Gasteiger partial charge < -0.3 is 9.80 Å². The fourth-order valence-corrected chi connectivity index (χ4v) is 3.81. The summed E-state index contributed by atoms with van der Waals surface area (Å²) in [6.45, 7) is 6.32. The molecule has 9 heteroatoms. The van der Waals surface area contributed by atoms with Crippen molar-refractivity contribution in [2.24, 2.45) is 16.0 Å². The first-order valence-electron chi connectivity index (χ1n) is 8.68. The molecule has 7 nitrogen and oxygen atoms in total. The van der Waals surface area contributed by atoms with Crippen molar-refractivity contribution in [3.63, 3.8) is 0 Å². The number of fused-ring (bicyclic) bond motifs is 3. The molecule has 0 saturated heterocycles. The van der Waals surface area contributed by atoms with E-state index >= 15 is 0 Å². The van der Waals surface area contributed by atoms with Gasteiger partial charge in [0.15, 0.2) is 0 Å². The quantitative estimate of drug-likeness (QED) is 0.381. The van der Waals surface area contributed by atoms with E-state index in [1.54, 1.807) is 12.7 Å². The Morgan fingerprint density at radius 2 is 2.19 bits per heavy atom. The second kappa shape index (κ2) is 7.42. The van der Waals surface area contributed by atoms with Crippen molar-refractivity contribution in [3.05, 3.63) is 35.7 Å². The van der Waals surface area contributed by atoms with Gasteiger partial charge in [-0.3, -0.25) is 5.41 Å². The first-order chi connectivity index (χ1) is 12.8. The molecular weight excluding hydrogens is 352 g/mol. The Kier molecular flexibility index (Phi) is 5.20. The van der Waals surface area contributed by atoms with Crippen LogP contribution in [0, 0.1) is 23.2 Å². The molecule has 2 aliphatic heterocycles. The zero-order chi connectivity index (χ0) is 19.7. The molecule has 0 aliphatic carbocycles. The molecule has 27 heavy (non-hydrogen) atoms. The molecule has 3 atom stereocenters. The van der Waals surface area contributed by atoms with Crippen molar-refractivity contribution >= 4 is 24.7 Å². The van der Waals surface area contributed by atoms with Crippen molar-refractivity contribution in [1.82, 2.24) is 14.8 Å². The van der Waals surface area contributed by atoms with Crippen molar-refractivity contribution in [2.45, 2.75) is 32.0 Å². The Bertz CT molecular complexity index is 807. The lowest BCUT2D eigenvalue weighted by Crippen LogP contribution is -2.45. The van der Waals surface area contributed by atoms with Gasteiger partial charge in [0, 0.05) is 26.1 Å². The van der Waals surface area contributed by atoms with Gasteiger partial charge in [0.05, 0.1) is 6.34 Å². The number of nitrogens with zero attached hydrogens (tertiary/aromatic N) is 6. The molecule has 0 aromatic carbocycles. The molecule has 1 aromatic heterocycles. The van der Waals surface area contributed by atoms with Crippen LogP contribution in [0.15, 0.2) is 28.3 Å². The molecule has 0 saturated carbocycles. The summed E-state index contributed by atoms with van der Waals surface area (Å²) < 4.78 is 28.4. The summed E-state index contributed by atoms with van der Waals surface area (Å²) >= 11 is 0. The van der Waals surface area contributed by atoms with Gasteiger partial charge in [-0.15, -0.1) is 0 Å². The lowest BCUT2D eigenvalue weighted by atomic mass is 9.88. The Balaban J connectivity index is 2.09. The van der Waals surface area contributed by atoms with E-state index in [1.807, 2.05) is 23.9 Å². The monoisotopic (exact) mass is 375 g/mol. The van der Waals surface area contributed by atoms with Crippen LogP contribution < -0.4 is 5.01 Å². The number of likely N-dealkylation sites (N-methyl/N-ethyl adjacent to an activating group) is 1. The molecule has 2 aliphatic rings. The minimum Gasteiger partial charge on any atom is -0.362 e. The standard InChI is InChI=1S/C18H23F2N7/c1-11-12(2)18-26(4)10-23-27(18)16-13(7-15(19)24-17(16)20)5-6-14(11)25(3)9-22-8-21/h7-11,14,18,21H,2,5-6H2,1,3-4H3. The van der Waals surface area contributed by atoms with E-state index in [9.17, 15) is 8.78 Å². The van der Waals surface area contributed by atoms with E-state index in [4.69, 9.17) is 5.41 Å². The zero-order valence-electron chi connectivity index (χ0n) is 15.6. The highest BCUT2D eigenvalue weighted by molar-refractivity contribution is 5.70. The summed E-state index contributed by atoms with van der Waals surface area (Å²) in [5.74, 6) is -1.71. The normalized spacial score (nSPS) is 25.1. The van der Waals surface area contributed by atoms with Crippen LogP contribution in [0.2, 0.25) is 0 Å². The third-order valence-corrected chi connectivity index (χ3v) is 5.25. The van der Waals surface area contributed by atoms with Gasteiger partial charge in [-0.25, -0.2) is 10.0 Å². The van der Waals surface area contributed by atoms with Gasteiger partial charge in [0.2, 0.25) is 11.9 Å². The van der Waals surface area contributed by atoms with Crippen molar-refractivity contribution in [1.29, 1.82) is 5.41 Å². The molecule has 3 rings (SSSR count). The largest absolute Gasteiger partial charge is 0.362 e. The molecule has 0 fully saturated rings. The average molecular weight is 375 g/mol. The second-order valence-corrected chi connectivity index (χ2v) is 6.89. The van der Waals surface area contributed by atoms with Crippen molar-refractivity contribution < 1.29 is 8.78 Å². The fourth-order valence-electron chi connectivity index (χ4n) is 3.81. The maximum Gasteiger partial charge on any atom is 0.241 e. The van der Waals surface area contributed by atoms with Gasteiger partial charge >= 0.3 is 0 Å². The van der Waals surface area contributed by atoms with Gasteiger partial charge in [-0.1, -0.05) is 13.5 Å². The molecule has 0 amide bonds. The van der Waals surface area contributed by atoms with E-state index < -0.39 is 18.1 Å². The smallest absolute Gasteiger partial charge is 0.241 e. The number of halogens is 2. The number of hydrogen-bond donors (Lipinski definition) is 1. The summed E-state index contributed by atoms with van der Waals surface area (Å²) in [6.07, 6.45) is 4.84. The number of hydrazone groups is 1. The van der Waals surface area contributed by atoms with E-state index in [0.717, 1.165) is 11.9 Å². The topological polar surface area (TPSA) is 71.2 Å². The highest BCUT2D eigenvalue weighted by Gasteiger charge is 2.39. The number of aryl methyl sites for hydroxylation is 1. The van der Waals surface area contributed by atoms with E-state index in [0.29, 0.717) is 18.4 Å². The van der Waals surface area contributed by atoms with Gasteiger partial charge in [-0.05, 0) is 30.0 Å². The number of aliphatic imine (C=N–C) groups is 1. The van der Waals surface area contributed by atoms with Crippen LogP contribution >= 0.6 is 0 Å². The number of nitrogens with one attached hydrogen (secondary N) is 1. The summed E-state index contributed by atoms with van der Waals surface area (Å²) in [5.41, 5.74) is 1.56. The molecule has 1 N–H and O–H groups in total.